The van der Waals surface area contributed by atoms with Gasteiger partial charge in [0.1, 0.15) is 12.4 Å². The standard InChI is InChI=1S/C12H15F2N3O3/c13-9(14)6-20-4-2-10-16-8-5-15-3-1-7(8)11(17-10)12(18)19/h9,15H,1-6H2,(H,18,19). The molecule has 0 amide bonds. The van der Waals surface area contributed by atoms with Crippen LogP contribution >= 0.6 is 0 Å². The van der Waals surface area contributed by atoms with Gasteiger partial charge in [0.05, 0.1) is 12.3 Å². The Labute approximate surface area is 114 Å². The van der Waals surface area contributed by atoms with E-state index in [2.05, 4.69) is 15.3 Å². The molecule has 8 heteroatoms. The number of carbonyl (C=O) groups is 1. The number of rotatable bonds is 6. The van der Waals surface area contributed by atoms with E-state index in [1.54, 1.807) is 0 Å². The van der Waals surface area contributed by atoms with Crippen molar-refractivity contribution in [2.24, 2.45) is 0 Å². The first-order valence-corrected chi connectivity index (χ1v) is 6.26. The number of fused-ring (bicyclic) bond motifs is 1. The Bertz CT molecular complexity index is 497. The van der Waals surface area contributed by atoms with Crippen molar-refractivity contribution in [3.63, 3.8) is 0 Å². The summed E-state index contributed by atoms with van der Waals surface area (Å²) in [7, 11) is 0. The fraction of sp³-hybridized carbons (Fsp3) is 0.583. The highest BCUT2D eigenvalue weighted by Gasteiger charge is 2.21. The van der Waals surface area contributed by atoms with Crippen LogP contribution < -0.4 is 5.32 Å². The first-order chi connectivity index (χ1) is 9.58. The second-order valence-corrected chi connectivity index (χ2v) is 4.36. The van der Waals surface area contributed by atoms with Gasteiger partial charge in [-0.25, -0.2) is 23.5 Å². The minimum Gasteiger partial charge on any atom is -0.477 e. The van der Waals surface area contributed by atoms with Crippen molar-refractivity contribution in [2.45, 2.75) is 25.8 Å². The zero-order valence-corrected chi connectivity index (χ0v) is 10.7. The third kappa shape index (κ3) is 3.67. The summed E-state index contributed by atoms with van der Waals surface area (Å²) in [4.78, 5) is 19.5. The topological polar surface area (TPSA) is 84.3 Å². The molecule has 1 aromatic heterocycles. The molecule has 6 nitrogen and oxygen atoms in total. The molecule has 0 fully saturated rings. The normalized spacial score (nSPS) is 14.3. The van der Waals surface area contributed by atoms with Gasteiger partial charge in [-0.3, -0.25) is 0 Å². The van der Waals surface area contributed by atoms with E-state index >= 15 is 0 Å². The second kappa shape index (κ2) is 6.67. The van der Waals surface area contributed by atoms with E-state index in [-0.39, 0.29) is 18.7 Å². The van der Waals surface area contributed by atoms with E-state index in [9.17, 15) is 13.6 Å². The number of alkyl halides is 2. The fourth-order valence-electron chi connectivity index (χ4n) is 2.04. The van der Waals surface area contributed by atoms with Gasteiger partial charge in [-0.05, 0) is 13.0 Å². The molecule has 0 saturated carbocycles. The van der Waals surface area contributed by atoms with Crippen LogP contribution in [0, 0.1) is 0 Å². The number of carboxylic acids is 1. The van der Waals surface area contributed by atoms with E-state index in [4.69, 9.17) is 9.84 Å². The van der Waals surface area contributed by atoms with Crippen molar-refractivity contribution in [1.29, 1.82) is 0 Å². The highest BCUT2D eigenvalue weighted by molar-refractivity contribution is 5.87. The molecule has 2 heterocycles. The first kappa shape index (κ1) is 14.7. The van der Waals surface area contributed by atoms with Crippen LogP contribution in [0.5, 0.6) is 0 Å². The Morgan fingerprint density at radius 1 is 1.45 bits per heavy atom. The van der Waals surface area contributed by atoms with Crippen molar-refractivity contribution in [3.8, 4) is 0 Å². The number of hydrogen-bond donors (Lipinski definition) is 2. The molecule has 20 heavy (non-hydrogen) atoms. The van der Waals surface area contributed by atoms with Crippen LogP contribution in [0.1, 0.15) is 27.6 Å². The average Bonchev–Trinajstić information content (AvgIpc) is 2.42. The molecule has 0 bridgehead atoms. The average molecular weight is 287 g/mol. The molecule has 1 aromatic rings. The van der Waals surface area contributed by atoms with Crippen molar-refractivity contribution in [1.82, 2.24) is 15.3 Å². The number of hydrogen-bond acceptors (Lipinski definition) is 5. The van der Waals surface area contributed by atoms with Crippen LogP contribution in [0.25, 0.3) is 0 Å². The molecule has 0 radical (unpaired) electrons. The monoisotopic (exact) mass is 287 g/mol. The number of ether oxygens (including phenoxy) is 1. The van der Waals surface area contributed by atoms with E-state index < -0.39 is 19.0 Å². The largest absolute Gasteiger partial charge is 0.477 e. The van der Waals surface area contributed by atoms with Gasteiger partial charge in [0, 0.05) is 18.5 Å². The lowest BCUT2D eigenvalue weighted by Crippen LogP contribution is -2.28. The van der Waals surface area contributed by atoms with Gasteiger partial charge >= 0.3 is 5.97 Å². The summed E-state index contributed by atoms with van der Waals surface area (Å²) in [5.41, 5.74) is 1.31. The number of halogens is 2. The summed E-state index contributed by atoms with van der Waals surface area (Å²) in [6, 6.07) is 0. The predicted molar refractivity (Wildman–Crippen MR) is 64.9 cm³/mol. The maximum atomic E-state index is 11.9. The van der Waals surface area contributed by atoms with Gasteiger partial charge in [0.2, 0.25) is 0 Å². The Hall–Kier alpha value is -1.67. The Kier molecular flexibility index (Phi) is 4.91. The highest BCUT2D eigenvalue weighted by atomic mass is 19.3. The molecule has 1 aliphatic heterocycles. The zero-order chi connectivity index (χ0) is 14.5. The minimum atomic E-state index is -2.52. The molecule has 2 rings (SSSR count). The zero-order valence-electron chi connectivity index (χ0n) is 10.7. The molecule has 0 aromatic carbocycles. The smallest absolute Gasteiger partial charge is 0.354 e. The van der Waals surface area contributed by atoms with Gasteiger partial charge in [-0.15, -0.1) is 0 Å². The van der Waals surface area contributed by atoms with E-state index in [0.29, 0.717) is 36.6 Å². The molecule has 110 valence electrons. The van der Waals surface area contributed by atoms with Gasteiger partial charge in [-0.2, -0.15) is 0 Å². The summed E-state index contributed by atoms with van der Waals surface area (Å²) in [5, 5.41) is 12.3. The van der Waals surface area contributed by atoms with Gasteiger partial charge in [-0.1, -0.05) is 0 Å². The lowest BCUT2D eigenvalue weighted by Gasteiger charge is -2.18. The molecule has 0 saturated heterocycles. The molecule has 1 aliphatic rings. The van der Waals surface area contributed by atoms with Gasteiger partial charge in [0.25, 0.3) is 6.43 Å². The van der Waals surface area contributed by atoms with E-state index in [0.717, 1.165) is 0 Å². The number of aromatic nitrogens is 2. The fourth-order valence-corrected chi connectivity index (χ4v) is 2.04. The Morgan fingerprint density at radius 3 is 2.95 bits per heavy atom. The maximum Gasteiger partial charge on any atom is 0.354 e. The summed E-state index contributed by atoms with van der Waals surface area (Å²) >= 11 is 0. The first-order valence-electron chi connectivity index (χ1n) is 6.26. The molecule has 0 unspecified atom stereocenters. The molecular formula is C12H15F2N3O3. The summed E-state index contributed by atoms with van der Waals surface area (Å²) < 4.78 is 28.6. The van der Waals surface area contributed by atoms with Gasteiger partial charge < -0.3 is 15.2 Å². The summed E-state index contributed by atoms with van der Waals surface area (Å²) in [5.74, 6) is -0.792. The minimum absolute atomic E-state index is 0.000333. The van der Waals surface area contributed by atoms with Crippen LogP contribution in [0.2, 0.25) is 0 Å². The quantitative estimate of drug-likeness (QED) is 0.747. The second-order valence-electron chi connectivity index (χ2n) is 4.36. The van der Waals surface area contributed by atoms with Crippen molar-refractivity contribution in [2.75, 3.05) is 19.8 Å². The molecule has 0 aliphatic carbocycles. The van der Waals surface area contributed by atoms with Crippen molar-refractivity contribution >= 4 is 5.97 Å². The molecule has 0 spiro atoms. The number of aromatic carboxylic acids is 1. The SMILES string of the molecule is O=C(O)c1nc(CCOCC(F)F)nc2c1CCNC2. The van der Waals surface area contributed by atoms with Crippen LogP contribution in [0.4, 0.5) is 8.78 Å². The third-order valence-electron chi connectivity index (χ3n) is 2.90. The van der Waals surface area contributed by atoms with Crippen LogP contribution in [-0.4, -0.2) is 47.2 Å². The lowest BCUT2D eigenvalue weighted by atomic mass is 10.0. The van der Waals surface area contributed by atoms with Crippen molar-refractivity contribution < 1.29 is 23.4 Å². The number of carboxylic acid groups (broad SMARTS) is 1. The number of nitrogens with zero attached hydrogens (tertiary/aromatic N) is 2. The third-order valence-corrected chi connectivity index (χ3v) is 2.90. The Morgan fingerprint density at radius 2 is 2.25 bits per heavy atom. The van der Waals surface area contributed by atoms with E-state index in [1.807, 2.05) is 0 Å². The Balaban J connectivity index is 2.09. The highest BCUT2D eigenvalue weighted by Crippen LogP contribution is 2.16. The summed E-state index contributed by atoms with van der Waals surface area (Å²) in [6.07, 6.45) is -1.74. The predicted octanol–water partition coefficient (Wildman–Crippen LogP) is 0.645. The molecule has 0 atom stereocenters. The van der Waals surface area contributed by atoms with Gasteiger partial charge in [0.15, 0.2) is 5.69 Å². The lowest BCUT2D eigenvalue weighted by molar-refractivity contribution is 0.0182. The number of nitrogens with one attached hydrogen (secondary N) is 1. The maximum absolute atomic E-state index is 11.9. The van der Waals surface area contributed by atoms with Crippen LogP contribution in [-0.2, 0) is 24.1 Å². The molecular weight excluding hydrogens is 272 g/mol. The van der Waals surface area contributed by atoms with E-state index in [1.165, 1.54) is 0 Å². The van der Waals surface area contributed by atoms with Crippen LogP contribution in [0.3, 0.4) is 0 Å². The molecule has 2 N–H and O–H groups in total. The van der Waals surface area contributed by atoms with Crippen LogP contribution in [0.15, 0.2) is 0 Å². The van der Waals surface area contributed by atoms with Crippen molar-refractivity contribution in [3.05, 3.63) is 22.8 Å². The summed E-state index contributed by atoms with van der Waals surface area (Å²) in [6.45, 7) is 0.574.